The lowest BCUT2D eigenvalue weighted by Gasteiger charge is -2.19. The van der Waals surface area contributed by atoms with E-state index >= 15 is 0 Å². The monoisotopic (exact) mass is 171 g/mol. The Labute approximate surface area is 75.6 Å². The molecule has 2 nitrogen and oxygen atoms in total. The van der Waals surface area contributed by atoms with Crippen LogP contribution in [0.2, 0.25) is 0 Å². The molecule has 0 heterocycles. The highest BCUT2D eigenvalue weighted by molar-refractivity contribution is 4.70. The van der Waals surface area contributed by atoms with Gasteiger partial charge in [0, 0.05) is 19.7 Å². The minimum Gasteiger partial charge on any atom is -0.396 e. The van der Waals surface area contributed by atoms with Crippen molar-refractivity contribution in [3.8, 4) is 0 Å². The van der Waals surface area contributed by atoms with Crippen molar-refractivity contribution < 1.29 is 5.11 Å². The van der Waals surface area contributed by atoms with Gasteiger partial charge in [-0.05, 0) is 32.2 Å². The summed E-state index contributed by atoms with van der Waals surface area (Å²) in [6.45, 7) is 2.61. The third-order valence-corrected chi connectivity index (χ3v) is 2.74. The normalized spacial score (nSPS) is 19.2. The Kier molecular flexibility index (Phi) is 4.62. The van der Waals surface area contributed by atoms with Crippen LogP contribution in [0.3, 0.4) is 0 Å². The quantitative estimate of drug-likeness (QED) is 0.677. The smallest absolute Gasteiger partial charge is 0.0443 e. The van der Waals surface area contributed by atoms with Crippen molar-refractivity contribution in [2.75, 3.05) is 26.7 Å². The second kappa shape index (κ2) is 5.55. The number of hydrogen-bond donors (Lipinski definition) is 1. The van der Waals surface area contributed by atoms with E-state index in [9.17, 15) is 0 Å². The minimum atomic E-state index is 0.328. The minimum absolute atomic E-state index is 0.328. The number of rotatable bonds is 5. The second-order valence-corrected chi connectivity index (χ2v) is 3.99. The van der Waals surface area contributed by atoms with E-state index in [0.29, 0.717) is 6.61 Å². The van der Waals surface area contributed by atoms with Crippen LogP contribution < -0.4 is 0 Å². The Bertz CT molecular complexity index is 110. The molecule has 2 heteroatoms. The van der Waals surface area contributed by atoms with E-state index in [1.807, 2.05) is 0 Å². The summed E-state index contributed by atoms with van der Waals surface area (Å²) in [6, 6.07) is 0. The zero-order chi connectivity index (χ0) is 8.81. The molecule has 1 N–H and O–H groups in total. The number of nitrogens with zero attached hydrogens (tertiary/aromatic N) is 1. The predicted octanol–water partition coefficient (Wildman–Crippen LogP) is 1.49. The van der Waals surface area contributed by atoms with Crippen LogP contribution in [0.4, 0.5) is 0 Å². The van der Waals surface area contributed by atoms with Gasteiger partial charge < -0.3 is 10.0 Å². The van der Waals surface area contributed by atoms with Gasteiger partial charge in [0.15, 0.2) is 0 Å². The van der Waals surface area contributed by atoms with Gasteiger partial charge in [-0.3, -0.25) is 0 Å². The molecule has 0 amide bonds. The summed E-state index contributed by atoms with van der Waals surface area (Å²) in [5.74, 6) is 0.939. The van der Waals surface area contributed by atoms with Gasteiger partial charge in [-0.2, -0.15) is 0 Å². The van der Waals surface area contributed by atoms with Gasteiger partial charge in [0.05, 0.1) is 0 Å². The lowest BCUT2D eigenvalue weighted by Crippen LogP contribution is -2.26. The van der Waals surface area contributed by atoms with Crippen LogP contribution in [0.25, 0.3) is 0 Å². The predicted molar refractivity (Wildman–Crippen MR) is 51.2 cm³/mol. The van der Waals surface area contributed by atoms with Crippen molar-refractivity contribution in [2.45, 2.75) is 32.1 Å². The summed E-state index contributed by atoms with van der Waals surface area (Å²) in [5.41, 5.74) is 0. The summed E-state index contributed by atoms with van der Waals surface area (Å²) in [5, 5.41) is 8.65. The first kappa shape index (κ1) is 10.0. The fourth-order valence-corrected chi connectivity index (χ4v) is 2.07. The van der Waals surface area contributed by atoms with Gasteiger partial charge in [-0.25, -0.2) is 0 Å². The van der Waals surface area contributed by atoms with Crippen molar-refractivity contribution in [1.29, 1.82) is 0 Å². The molecule has 1 saturated carbocycles. The summed E-state index contributed by atoms with van der Waals surface area (Å²) < 4.78 is 0. The van der Waals surface area contributed by atoms with Crippen molar-refractivity contribution in [2.24, 2.45) is 5.92 Å². The van der Waals surface area contributed by atoms with Crippen LogP contribution in [-0.2, 0) is 0 Å². The van der Waals surface area contributed by atoms with Crippen molar-refractivity contribution in [3.63, 3.8) is 0 Å². The van der Waals surface area contributed by atoms with Crippen LogP contribution in [0.5, 0.6) is 0 Å². The summed E-state index contributed by atoms with van der Waals surface area (Å²) in [6.07, 6.45) is 6.62. The largest absolute Gasteiger partial charge is 0.396 e. The van der Waals surface area contributed by atoms with Crippen LogP contribution in [0.15, 0.2) is 0 Å². The van der Waals surface area contributed by atoms with Gasteiger partial charge in [-0.1, -0.05) is 12.8 Å². The highest BCUT2D eigenvalue weighted by Gasteiger charge is 2.16. The van der Waals surface area contributed by atoms with Crippen LogP contribution in [-0.4, -0.2) is 36.8 Å². The number of hydrogen-bond acceptors (Lipinski definition) is 2. The molecule has 1 fully saturated rings. The molecule has 0 bridgehead atoms. The fraction of sp³-hybridized carbons (Fsp3) is 1.00. The Morgan fingerprint density at radius 2 is 2.00 bits per heavy atom. The maximum absolute atomic E-state index is 8.65. The molecule has 72 valence electrons. The Morgan fingerprint density at radius 1 is 1.33 bits per heavy atom. The molecular formula is C10H21NO. The molecule has 0 aromatic carbocycles. The van der Waals surface area contributed by atoms with E-state index in [4.69, 9.17) is 5.11 Å². The van der Waals surface area contributed by atoms with E-state index in [2.05, 4.69) is 11.9 Å². The van der Waals surface area contributed by atoms with Crippen molar-refractivity contribution >= 4 is 0 Å². The maximum atomic E-state index is 8.65. The molecule has 0 saturated heterocycles. The van der Waals surface area contributed by atoms with Crippen LogP contribution in [0, 0.1) is 5.92 Å². The fourth-order valence-electron chi connectivity index (χ4n) is 2.07. The second-order valence-electron chi connectivity index (χ2n) is 3.99. The zero-order valence-electron chi connectivity index (χ0n) is 8.13. The molecule has 0 aromatic heterocycles. The van der Waals surface area contributed by atoms with Crippen LogP contribution >= 0.6 is 0 Å². The molecule has 12 heavy (non-hydrogen) atoms. The van der Waals surface area contributed by atoms with Gasteiger partial charge in [0.1, 0.15) is 0 Å². The Morgan fingerprint density at radius 3 is 2.58 bits per heavy atom. The summed E-state index contributed by atoms with van der Waals surface area (Å²) in [7, 11) is 2.16. The maximum Gasteiger partial charge on any atom is 0.0443 e. The third kappa shape index (κ3) is 3.55. The van der Waals surface area contributed by atoms with Gasteiger partial charge >= 0.3 is 0 Å². The van der Waals surface area contributed by atoms with Gasteiger partial charge in [0.2, 0.25) is 0 Å². The molecule has 0 unspecified atom stereocenters. The average molecular weight is 171 g/mol. The molecule has 0 radical (unpaired) electrons. The Balaban J connectivity index is 2.03. The van der Waals surface area contributed by atoms with E-state index < -0.39 is 0 Å². The van der Waals surface area contributed by atoms with Gasteiger partial charge in [0.25, 0.3) is 0 Å². The van der Waals surface area contributed by atoms with Crippen LogP contribution in [0.1, 0.15) is 32.1 Å². The lowest BCUT2D eigenvalue weighted by atomic mass is 10.1. The SMILES string of the molecule is CN(CCCO)CC1CCCC1. The van der Waals surface area contributed by atoms with Crippen molar-refractivity contribution in [1.82, 2.24) is 4.90 Å². The zero-order valence-corrected chi connectivity index (χ0v) is 8.13. The lowest BCUT2D eigenvalue weighted by molar-refractivity contribution is 0.229. The highest BCUT2D eigenvalue weighted by Crippen LogP contribution is 2.24. The third-order valence-electron chi connectivity index (χ3n) is 2.74. The van der Waals surface area contributed by atoms with E-state index in [0.717, 1.165) is 18.9 Å². The standard InChI is InChI=1S/C10H21NO/c1-11(7-4-8-12)9-10-5-2-3-6-10/h10,12H,2-9H2,1H3. The molecule has 0 atom stereocenters. The highest BCUT2D eigenvalue weighted by atomic mass is 16.3. The summed E-state index contributed by atoms with van der Waals surface area (Å²) in [4.78, 5) is 2.35. The van der Waals surface area contributed by atoms with E-state index in [1.54, 1.807) is 0 Å². The molecule has 1 aliphatic rings. The molecule has 1 rings (SSSR count). The average Bonchev–Trinajstić information content (AvgIpc) is 2.53. The molecule has 0 aromatic rings. The number of aliphatic hydroxyl groups excluding tert-OH is 1. The molecular weight excluding hydrogens is 150 g/mol. The topological polar surface area (TPSA) is 23.5 Å². The Hall–Kier alpha value is -0.0800. The molecule has 0 spiro atoms. The molecule has 1 aliphatic carbocycles. The first-order chi connectivity index (χ1) is 5.83. The van der Waals surface area contributed by atoms with Crippen molar-refractivity contribution in [3.05, 3.63) is 0 Å². The van der Waals surface area contributed by atoms with E-state index in [-0.39, 0.29) is 0 Å². The van der Waals surface area contributed by atoms with Gasteiger partial charge in [-0.15, -0.1) is 0 Å². The summed E-state index contributed by atoms with van der Waals surface area (Å²) >= 11 is 0. The first-order valence-electron chi connectivity index (χ1n) is 5.12. The first-order valence-corrected chi connectivity index (χ1v) is 5.12. The molecule has 0 aliphatic heterocycles. The number of aliphatic hydroxyl groups is 1. The van der Waals surface area contributed by atoms with E-state index in [1.165, 1.54) is 32.2 Å².